The van der Waals surface area contributed by atoms with Crippen LogP contribution in [0.4, 0.5) is 16.0 Å². The molecule has 1 aliphatic carbocycles. The van der Waals surface area contributed by atoms with Crippen molar-refractivity contribution < 1.29 is 27.1 Å². The summed E-state index contributed by atoms with van der Waals surface area (Å²) >= 11 is 6.28. The number of amides is 1. The number of hydrogen-bond acceptors (Lipinski definition) is 10. The first-order valence-electron chi connectivity index (χ1n) is 12.5. The molecule has 0 bridgehead atoms. The number of rotatable bonds is 9. The van der Waals surface area contributed by atoms with Crippen molar-refractivity contribution in [3.05, 3.63) is 34.7 Å². The van der Waals surface area contributed by atoms with Gasteiger partial charge in [0.15, 0.2) is 0 Å². The van der Waals surface area contributed by atoms with Gasteiger partial charge >= 0.3 is 0 Å². The average molecular weight is 602 g/mol. The SMILES string of the molecule is C.COc1cc(C(=O)NN2CCN(C)CC2)c(F)cc1Nc1ncc(Cl)c(O[C@@H]2CCC[C@H]2N(C)S(C)(=O)=O)n1. The molecule has 2 N–H and O–H groups in total. The highest BCUT2D eigenvalue weighted by atomic mass is 35.5. The standard InChI is InChI=1S/C24H33ClFN7O5S.CH4/c1-31-8-10-33(11-9-31)30-22(34)15-12-21(37-3)18(13-17(15)26)28-24-27-14-16(25)23(29-24)38-20-7-5-6-19(20)32(2)39(4,35)36;/h12-14,19-20H,5-11H2,1-4H3,(H,30,34)(H,27,28,29);1H4/t19-,20-;/m1./s1. The highest BCUT2D eigenvalue weighted by Crippen LogP contribution is 2.34. The number of hydrazine groups is 1. The Balaban J connectivity index is 0.00000441. The van der Waals surface area contributed by atoms with E-state index in [2.05, 4.69) is 25.6 Å². The number of carbonyl (C=O) groups is 1. The Bertz CT molecular complexity index is 1310. The Kier molecular flexibility index (Phi) is 10.5. The van der Waals surface area contributed by atoms with Crippen molar-refractivity contribution in [2.24, 2.45) is 0 Å². The van der Waals surface area contributed by atoms with E-state index < -0.39 is 27.9 Å². The van der Waals surface area contributed by atoms with Crippen molar-refractivity contribution in [2.75, 3.05) is 59.0 Å². The van der Waals surface area contributed by atoms with E-state index in [9.17, 15) is 13.2 Å². The van der Waals surface area contributed by atoms with Gasteiger partial charge in [0.2, 0.25) is 21.9 Å². The zero-order valence-electron chi connectivity index (χ0n) is 22.3. The second-order valence-electron chi connectivity index (χ2n) is 9.67. The van der Waals surface area contributed by atoms with E-state index in [0.717, 1.165) is 31.8 Å². The zero-order valence-corrected chi connectivity index (χ0v) is 23.9. The first kappa shape index (κ1) is 31.7. The summed E-state index contributed by atoms with van der Waals surface area (Å²) in [7, 11) is 1.51. The molecule has 15 heteroatoms. The number of nitrogens with zero attached hydrogens (tertiary/aromatic N) is 5. The maximum Gasteiger partial charge on any atom is 0.268 e. The predicted molar refractivity (Wildman–Crippen MR) is 151 cm³/mol. The molecule has 2 heterocycles. The lowest BCUT2D eigenvalue weighted by Crippen LogP contribution is -2.52. The molecule has 4 rings (SSSR count). The summed E-state index contributed by atoms with van der Waals surface area (Å²) in [5.41, 5.74) is 2.76. The zero-order chi connectivity index (χ0) is 28.3. The van der Waals surface area contributed by atoms with Crippen molar-refractivity contribution >= 4 is 39.2 Å². The molecule has 1 aliphatic heterocycles. The fraction of sp³-hybridized carbons (Fsp3) is 0.560. The normalized spacial score (nSPS) is 20.2. The molecule has 1 aromatic heterocycles. The summed E-state index contributed by atoms with van der Waals surface area (Å²) in [4.78, 5) is 23.4. The topological polar surface area (TPSA) is 129 Å². The van der Waals surface area contributed by atoms with Crippen LogP contribution >= 0.6 is 11.6 Å². The molecule has 0 radical (unpaired) electrons. The molecule has 222 valence electrons. The number of methoxy groups -OCH3 is 1. The lowest BCUT2D eigenvalue weighted by Gasteiger charge is -2.32. The van der Waals surface area contributed by atoms with Gasteiger partial charge in [-0.2, -0.15) is 9.29 Å². The second-order valence-corrected chi connectivity index (χ2v) is 12.1. The van der Waals surface area contributed by atoms with Gasteiger partial charge in [-0.15, -0.1) is 0 Å². The van der Waals surface area contributed by atoms with Crippen molar-refractivity contribution in [2.45, 2.75) is 38.8 Å². The molecule has 0 spiro atoms. The Labute approximate surface area is 239 Å². The first-order chi connectivity index (χ1) is 18.5. The third-order valence-corrected chi connectivity index (χ3v) is 8.50. The van der Waals surface area contributed by atoms with Crippen LogP contribution in [0.15, 0.2) is 18.3 Å². The summed E-state index contributed by atoms with van der Waals surface area (Å²) in [5.74, 6) is -1.02. The first-order valence-corrected chi connectivity index (χ1v) is 14.7. The number of benzene rings is 1. The summed E-state index contributed by atoms with van der Waals surface area (Å²) in [6, 6.07) is 2.08. The summed E-state index contributed by atoms with van der Waals surface area (Å²) < 4.78 is 51.9. The number of piperazine rings is 1. The van der Waals surface area contributed by atoms with Gasteiger partial charge in [0.1, 0.15) is 22.7 Å². The maximum atomic E-state index is 15.0. The quantitative estimate of drug-likeness (QED) is 0.442. The number of nitrogens with one attached hydrogen (secondary N) is 2. The van der Waals surface area contributed by atoms with Crippen LogP contribution in [0.3, 0.4) is 0 Å². The van der Waals surface area contributed by atoms with Crippen molar-refractivity contribution in [1.82, 2.24) is 29.6 Å². The number of ether oxygens (including phenoxy) is 2. The Morgan fingerprint density at radius 2 is 1.93 bits per heavy atom. The molecule has 1 aromatic carbocycles. The van der Waals surface area contributed by atoms with Gasteiger partial charge in [0, 0.05) is 39.3 Å². The summed E-state index contributed by atoms with van der Waals surface area (Å²) in [6.45, 7) is 2.84. The van der Waals surface area contributed by atoms with E-state index in [0.29, 0.717) is 25.9 Å². The van der Waals surface area contributed by atoms with Gasteiger partial charge in [-0.25, -0.2) is 22.8 Å². The van der Waals surface area contributed by atoms with Crippen LogP contribution in [0.2, 0.25) is 5.02 Å². The van der Waals surface area contributed by atoms with Crippen LogP contribution in [-0.4, -0.2) is 104 Å². The lowest BCUT2D eigenvalue weighted by atomic mass is 10.1. The Morgan fingerprint density at radius 3 is 2.58 bits per heavy atom. The average Bonchev–Trinajstić information content (AvgIpc) is 3.34. The van der Waals surface area contributed by atoms with Gasteiger partial charge in [-0.05, 0) is 32.4 Å². The minimum atomic E-state index is -3.41. The Hall–Kier alpha value is -2.78. The van der Waals surface area contributed by atoms with E-state index in [4.69, 9.17) is 21.1 Å². The molecule has 1 amide bonds. The monoisotopic (exact) mass is 601 g/mol. The van der Waals surface area contributed by atoms with E-state index >= 15 is 4.39 Å². The number of likely N-dealkylation sites (N-methyl/N-ethyl adjacent to an activating group) is 2. The minimum absolute atomic E-state index is 0. The summed E-state index contributed by atoms with van der Waals surface area (Å²) in [6.07, 6.45) is 4.09. The molecule has 2 aromatic rings. The van der Waals surface area contributed by atoms with E-state index in [-0.39, 0.29) is 47.3 Å². The minimum Gasteiger partial charge on any atom is -0.495 e. The predicted octanol–water partition coefficient (Wildman–Crippen LogP) is 2.74. The second kappa shape index (κ2) is 13.3. The lowest BCUT2D eigenvalue weighted by molar-refractivity contribution is 0.0658. The molecule has 1 saturated carbocycles. The molecule has 12 nitrogen and oxygen atoms in total. The van der Waals surface area contributed by atoms with Crippen LogP contribution in [0.5, 0.6) is 11.6 Å². The highest BCUT2D eigenvalue weighted by molar-refractivity contribution is 7.88. The highest BCUT2D eigenvalue weighted by Gasteiger charge is 2.36. The number of hydrogen-bond donors (Lipinski definition) is 2. The van der Waals surface area contributed by atoms with E-state index in [1.807, 2.05) is 7.05 Å². The van der Waals surface area contributed by atoms with Gasteiger partial charge in [0.25, 0.3) is 5.91 Å². The maximum absolute atomic E-state index is 15.0. The smallest absolute Gasteiger partial charge is 0.268 e. The fourth-order valence-electron chi connectivity index (χ4n) is 4.58. The fourth-order valence-corrected chi connectivity index (χ4v) is 5.45. The molecule has 40 heavy (non-hydrogen) atoms. The molecular weight excluding hydrogens is 565 g/mol. The molecule has 1 saturated heterocycles. The van der Waals surface area contributed by atoms with Crippen molar-refractivity contribution in [3.63, 3.8) is 0 Å². The molecule has 2 aliphatic rings. The third kappa shape index (κ3) is 7.49. The van der Waals surface area contributed by atoms with Crippen LogP contribution < -0.4 is 20.2 Å². The largest absolute Gasteiger partial charge is 0.495 e. The van der Waals surface area contributed by atoms with Gasteiger partial charge in [-0.3, -0.25) is 10.2 Å². The van der Waals surface area contributed by atoms with Gasteiger partial charge in [-0.1, -0.05) is 19.0 Å². The van der Waals surface area contributed by atoms with Crippen LogP contribution in [-0.2, 0) is 10.0 Å². The van der Waals surface area contributed by atoms with E-state index in [1.165, 1.54) is 30.7 Å². The molecule has 2 atom stereocenters. The molecular formula is C25H37ClFN7O5S. The van der Waals surface area contributed by atoms with Crippen LogP contribution in [0, 0.1) is 5.82 Å². The van der Waals surface area contributed by atoms with Crippen molar-refractivity contribution in [1.29, 1.82) is 0 Å². The number of halogens is 2. The van der Waals surface area contributed by atoms with Gasteiger partial charge < -0.3 is 19.7 Å². The van der Waals surface area contributed by atoms with Crippen LogP contribution in [0.25, 0.3) is 0 Å². The molecule has 2 fully saturated rings. The number of aromatic nitrogens is 2. The summed E-state index contributed by atoms with van der Waals surface area (Å²) in [5, 5.41) is 4.78. The van der Waals surface area contributed by atoms with E-state index in [1.54, 1.807) is 5.01 Å². The number of anilines is 2. The number of carbonyl (C=O) groups excluding carboxylic acids is 1. The molecule has 0 unspecified atom stereocenters. The van der Waals surface area contributed by atoms with Gasteiger partial charge in [0.05, 0.1) is 36.9 Å². The number of sulfonamides is 1. The third-order valence-electron chi connectivity index (χ3n) is 6.93. The Morgan fingerprint density at radius 1 is 1.23 bits per heavy atom. The van der Waals surface area contributed by atoms with Crippen molar-refractivity contribution in [3.8, 4) is 11.6 Å². The van der Waals surface area contributed by atoms with Crippen LogP contribution in [0.1, 0.15) is 37.0 Å².